The molecule has 0 saturated heterocycles. The average molecular weight is 511 g/mol. The lowest BCUT2D eigenvalue weighted by molar-refractivity contribution is -0.202. The Morgan fingerprint density at radius 2 is 1.94 bits per heavy atom. The first-order valence-electron chi connectivity index (χ1n) is 12.0. The molecule has 1 saturated carbocycles. The first kappa shape index (κ1) is 26.2. The minimum absolute atomic E-state index is 0.0513. The first-order valence-corrected chi connectivity index (χ1v) is 12.0. The third kappa shape index (κ3) is 6.29. The van der Waals surface area contributed by atoms with E-state index in [0.29, 0.717) is 50.4 Å². The van der Waals surface area contributed by atoms with Crippen molar-refractivity contribution in [3.05, 3.63) is 30.2 Å². The van der Waals surface area contributed by atoms with Crippen molar-refractivity contribution >= 4 is 22.5 Å². The fourth-order valence-electron chi connectivity index (χ4n) is 4.45. The van der Waals surface area contributed by atoms with E-state index in [1.165, 1.54) is 0 Å². The van der Waals surface area contributed by atoms with Gasteiger partial charge >= 0.3 is 6.18 Å². The van der Waals surface area contributed by atoms with Gasteiger partial charge in [-0.05, 0) is 32.6 Å². The van der Waals surface area contributed by atoms with E-state index >= 15 is 0 Å². The minimum Gasteiger partial charge on any atom is -0.490 e. The molecule has 36 heavy (non-hydrogen) atoms. The summed E-state index contributed by atoms with van der Waals surface area (Å²) in [7, 11) is 3.57. The lowest BCUT2D eigenvalue weighted by Gasteiger charge is -2.30. The molecular formula is C24H33F3N6O3. The van der Waals surface area contributed by atoms with E-state index < -0.39 is 18.8 Å². The van der Waals surface area contributed by atoms with Crippen LogP contribution in [-0.2, 0) is 18.3 Å². The van der Waals surface area contributed by atoms with Crippen molar-refractivity contribution in [2.75, 3.05) is 25.6 Å². The molecule has 9 nitrogen and oxygen atoms in total. The van der Waals surface area contributed by atoms with Gasteiger partial charge in [0.1, 0.15) is 11.3 Å². The van der Waals surface area contributed by atoms with Crippen molar-refractivity contribution in [3.8, 4) is 5.75 Å². The van der Waals surface area contributed by atoms with Gasteiger partial charge in [0.05, 0.1) is 36.8 Å². The fraction of sp³-hybridized carbons (Fsp3) is 0.583. The molecule has 1 fully saturated rings. The van der Waals surface area contributed by atoms with E-state index in [1.54, 1.807) is 13.4 Å². The second kappa shape index (κ2) is 11.1. The summed E-state index contributed by atoms with van der Waals surface area (Å²) in [6, 6.07) is 5.74. The van der Waals surface area contributed by atoms with Gasteiger partial charge in [0.25, 0.3) is 0 Å². The van der Waals surface area contributed by atoms with E-state index in [1.807, 2.05) is 41.4 Å². The van der Waals surface area contributed by atoms with Crippen LogP contribution >= 0.6 is 0 Å². The van der Waals surface area contributed by atoms with E-state index in [0.717, 1.165) is 22.4 Å². The summed E-state index contributed by atoms with van der Waals surface area (Å²) >= 11 is 0. The maximum Gasteiger partial charge on any atom is 0.415 e. The van der Waals surface area contributed by atoms with E-state index in [-0.39, 0.29) is 12.1 Å². The Balaban J connectivity index is 1.42. The normalized spacial score (nSPS) is 19.5. The van der Waals surface area contributed by atoms with Crippen molar-refractivity contribution in [3.63, 3.8) is 0 Å². The number of methoxy groups -OCH3 is 1. The Labute approximate surface area is 207 Å². The van der Waals surface area contributed by atoms with Crippen LogP contribution in [-0.4, -0.2) is 69.1 Å². The highest BCUT2D eigenvalue weighted by Gasteiger charge is 2.38. The zero-order valence-corrected chi connectivity index (χ0v) is 20.7. The molecule has 1 aliphatic carbocycles. The SMILES string of the molecule is COCCn1nc(Nc2cc(OC3CCC(NCC(O)C(F)(F)F)CC3)cc3c2ncn3C)cc1C. The lowest BCUT2D eigenvalue weighted by atomic mass is 9.93. The van der Waals surface area contributed by atoms with Crippen LogP contribution in [0.15, 0.2) is 24.5 Å². The number of hydrogen-bond donors (Lipinski definition) is 3. The molecule has 1 aliphatic rings. The highest BCUT2D eigenvalue weighted by Crippen LogP contribution is 2.33. The number of imidazole rings is 1. The lowest BCUT2D eigenvalue weighted by Crippen LogP contribution is -2.44. The number of aryl methyl sites for hydroxylation is 2. The van der Waals surface area contributed by atoms with Crippen LogP contribution in [0.2, 0.25) is 0 Å². The van der Waals surface area contributed by atoms with Gasteiger partial charge in [-0.15, -0.1) is 0 Å². The predicted octanol–water partition coefficient (Wildman–Crippen LogP) is 3.67. The Bertz CT molecular complexity index is 1150. The van der Waals surface area contributed by atoms with Gasteiger partial charge < -0.3 is 29.8 Å². The summed E-state index contributed by atoms with van der Waals surface area (Å²) in [6.07, 6.45) is -2.51. The molecule has 198 valence electrons. The smallest absolute Gasteiger partial charge is 0.415 e. The summed E-state index contributed by atoms with van der Waals surface area (Å²) < 4.78 is 52.8. The maximum atomic E-state index is 12.5. The second-order valence-electron chi connectivity index (χ2n) is 9.26. The molecule has 2 aromatic heterocycles. The third-order valence-corrected chi connectivity index (χ3v) is 6.51. The number of aromatic nitrogens is 4. The molecule has 1 unspecified atom stereocenters. The van der Waals surface area contributed by atoms with Crippen molar-refractivity contribution in [1.29, 1.82) is 0 Å². The number of nitrogens with one attached hydrogen (secondary N) is 2. The largest absolute Gasteiger partial charge is 0.490 e. The Morgan fingerprint density at radius 3 is 2.64 bits per heavy atom. The Morgan fingerprint density at radius 1 is 1.19 bits per heavy atom. The average Bonchev–Trinajstić information content (AvgIpc) is 3.38. The quantitative estimate of drug-likeness (QED) is 0.383. The van der Waals surface area contributed by atoms with Crippen LogP contribution in [0.1, 0.15) is 31.4 Å². The van der Waals surface area contributed by atoms with Gasteiger partial charge in [0, 0.05) is 50.6 Å². The van der Waals surface area contributed by atoms with Gasteiger partial charge in [-0.3, -0.25) is 4.68 Å². The van der Waals surface area contributed by atoms with Crippen LogP contribution in [0.5, 0.6) is 5.75 Å². The summed E-state index contributed by atoms with van der Waals surface area (Å²) in [5.41, 5.74) is 3.48. The number of benzene rings is 1. The molecule has 0 radical (unpaired) electrons. The number of nitrogens with zero attached hydrogens (tertiary/aromatic N) is 4. The van der Waals surface area contributed by atoms with Gasteiger partial charge in [-0.25, -0.2) is 4.98 Å². The molecule has 4 rings (SSSR count). The number of alkyl halides is 3. The predicted molar refractivity (Wildman–Crippen MR) is 130 cm³/mol. The molecule has 0 bridgehead atoms. The number of fused-ring (bicyclic) bond motifs is 1. The van der Waals surface area contributed by atoms with Crippen molar-refractivity contribution in [2.45, 2.75) is 63.6 Å². The maximum absolute atomic E-state index is 12.5. The molecule has 3 N–H and O–H groups in total. The molecule has 2 heterocycles. The van der Waals surface area contributed by atoms with Crippen LogP contribution in [0.25, 0.3) is 11.0 Å². The molecule has 0 spiro atoms. The van der Waals surface area contributed by atoms with E-state index in [9.17, 15) is 18.3 Å². The third-order valence-electron chi connectivity index (χ3n) is 6.51. The summed E-state index contributed by atoms with van der Waals surface area (Å²) in [5, 5.41) is 20.0. The highest BCUT2D eigenvalue weighted by atomic mass is 19.4. The number of rotatable bonds is 10. The molecule has 1 aromatic carbocycles. The number of halogens is 3. The molecule has 3 aromatic rings. The van der Waals surface area contributed by atoms with Gasteiger partial charge in [0.2, 0.25) is 0 Å². The number of aliphatic hydroxyl groups is 1. The van der Waals surface area contributed by atoms with Crippen molar-refractivity contribution < 1.29 is 27.8 Å². The summed E-state index contributed by atoms with van der Waals surface area (Å²) in [5.74, 6) is 1.38. The molecular weight excluding hydrogens is 477 g/mol. The minimum atomic E-state index is -4.61. The first-order chi connectivity index (χ1) is 17.1. The Hall–Kier alpha value is -2.83. The standard InChI is InChI=1S/C24H33F3N6O3/c1-15-10-22(31-33(15)8-9-35-3)30-19-11-18(12-20-23(19)29-14-32(20)2)36-17-6-4-16(5-7-17)28-13-21(34)24(25,26)27/h10-12,14,16-17,21,28,34H,4-9,13H2,1-3H3,(H,30,31). The van der Waals surface area contributed by atoms with Crippen LogP contribution in [0.3, 0.4) is 0 Å². The number of aliphatic hydroxyl groups excluding tert-OH is 1. The zero-order chi connectivity index (χ0) is 25.9. The van der Waals surface area contributed by atoms with Crippen molar-refractivity contribution in [2.24, 2.45) is 7.05 Å². The zero-order valence-electron chi connectivity index (χ0n) is 20.7. The monoisotopic (exact) mass is 510 g/mol. The molecule has 1 atom stereocenters. The fourth-order valence-corrected chi connectivity index (χ4v) is 4.45. The number of hydrogen-bond acceptors (Lipinski definition) is 7. The summed E-state index contributed by atoms with van der Waals surface area (Å²) in [4.78, 5) is 4.52. The van der Waals surface area contributed by atoms with Crippen LogP contribution < -0.4 is 15.4 Å². The summed E-state index contributed by atoms with van der Waals surface area (Å²) in [6.45, 7) is 2.71. The van der Waals surface area contributed by atoms with Crippen LogP contribution in [0.4, 0.5) is 24.7 Å². The van der Waals surface area contributed by atoms with Gasteiger partial charge in [-0.1, -0.05) is 0 Å². The van der Waals surface area contributed by atoms with Crippen molar-refractivity contribution in [1.82, 2.24) is 24.6 Å². The number of ether oxygens (including phenoxy) is 2. The van der Waals surface area contributed by atoms with Gasteiger partial charge in [-0.2, -0.15) is 18.3 Å². The number of anilines is 2. The van der Waals surface area contributed by atoms with E-state index in [2.05, 4.69) is 20.7 Å². The van der Waals surface area contributed by atoms with E-state index in [4.69, 9.17) is 9.47 Å². The molecule has 12 heteroatoms. The van der Waals surface area contributed by atoms with Gasteiger partial charge in [0.15, 0.2) is 11.9 Å². The van der Waals surface area contributed by atoms with Crippen LogP contribution in [0, 0.1) is 6.92 Å². The second-order valence-corrected chi connectivity index (χ2v) is 9.26. The molecule has 0 amide bonds. The Kier molecular flexibility index (Phi) is 8.06. The topological polar surface area (TPSA) is 98.4 Å². The molecule has 0 aliphatic heterocycles. The highest BCUT2D eigenvalue weighted by molar-refractivity contribution is 5.91.